The molecule has 1 atom stereocenters. The number of halogens is 3. The van der Waals surface area contributed by atoms with Crippen molar-refractivity contribution >= 4 is 29.1 Å². The largest absolute Gasteiger partial charge is 0.347 e. The first-order valence-electron chi connectivity index (χ1n) is 6.50. The van der Waals surface area contributed by atoms with Crippen molar-refractivity contribution in [3.05, 3.63) is 51.8 Å². The van der Waals surface area contributed by atoms with E-state index >= 15 is 0 Å². The Labute approximate surface area is 130 Å². The minimum atomic E-state index is -0.660. The van der Waals surface area contributed by atoms with Gasteiger partial charge in [0, 0.05) is 31.4 Å². The van der Waals surface area contributed by atoms with Crippen LogP contribution in [-0.2, 0) is 13.0 Å². The number of hydrogen-bond donors (Lipinski definition) is 1. The molecule has 1 aromatic heterocycles. The van der Waals surface area contributed by atoms with Gasteiger partial charge in [-0.3, -0.25) is 4.79 Å². The average Bonchev–Trinajstić information content (AvgIpc) is 2.90. The minimum absolute atomic E-state index is 0.0333. The van der Waals surface area contributed by atoms with Crippen LogP contribution in [0.3, 0.4) is 0 Å². The lowest BCUT2D eigenvalue weighted by atomic mass is 10.1. The summed E-state index contributed by atoms with van der Waals surface area (Å²) in [5.41, 5.74) is 0.0926. The number of aryl methyl sites for hydroxylation is 1. The fourth-order valence-electron chi connectivity index (χ4n) is 2.44. The van der Waals surface area contributed by atoms with Gasteiger partial charge in [-0.05, 0) is 18.6 Å². The summed E-state index contributed by atoms with van der Waals surface area (Å²) >= 11 is 11.6. The number of aromatic nitrogens is 2. The van der Waals surface area contributed by atoms with E-state index in [1.165, 1.54) is 6.07 Å². The molecule has 0 fully saturated rings. The lowest BCUT2D eigenvalue weighted by molar-refractivity contribution is 0.0927. The van der Waals surface area contributed by atoms with Gasteiger partial charge in [0.1, 0.15) is 11.6 Å². The molecule has 110 valence electrons. The predicted octanol–water partition coefficient (Wildman–Crippen LogP) is 3.07. The van der Waals surface area contributed by atoms with Crippen molar-refractivity contribution in [3.63, 3.8) is 0 Å². The molecule has 4 nitrogen and oxygen atoms in total. The highest BCUT2D eigenvalue weighted by atomic mass is 35.5. The van der Waals surface area contributed by atoms with Crippen LogP contribution in [-0.4, -0.2) is 21.5 Å². The Balaban J connectivity index is 1.74. The van der Waals surface area contributed by atoms with E-state index in [9.17, 15) is 9.18 Å². The van der Waals surface area contributed by atoms with E-state index in [-0.39, 0.29) is 21.7 Å². The highest BCUT2D eigenvalue weighted by Crippen LogP contribution is 2.24. The van der Waals surface area contributed by atoms with Crippen molar-refractivity contribution in [2.24, 2.45) is 0 Å². The molecule has 7 heteroatoms. The van der Waals surface area contributed by atoms with Crippen LogP contribution in [0.2, 0.25) is 10.0 Å². The molecule has 0 spiro atoms. The van der Waals surface area contributed by atoms with Crippen molar-refractivity contribution in [1.82, 2.24) is 14.9 Å². The number of hydrogen-bond acceptors (Lipinski definition) is 2. The third-order valence-electron chi connectivity index (χ3n) is 3.53. The smallest absolute Gasteiger partial charge is 0.253 e. The number of rotatable bonds is 2. The van der Waals surface area contributed by atoms with E-state index in [0.717, 1.165) is 24.7 Å². The van der Waals surface area contributed by atoms with Crippen LogP contribution in [0.5, 0.6) is 0 Å². The monoisotopic (exact) mass is 327 g/mol. The first kappa shape index (κ1) is 14.4. The zero-order valence-electron chi connectivity index (χ0n) is 10.9. The third kappa shape index (κ3) is 2.89. The first-order valence-corrected chi connectivity index (χ1v) is 7.25. The highest BCUT2D eigenvalue weighted by Gasteiger charge is 2.22. The van der Waals surface area contributed by atoms with Crippen LogP contribution in [0.1, 0.15) is 22.6 Å². The summed E-state index contributed by atoms with van der Waals surface area (Å²) in [6.07, 6.45) is 5.20. The molecule has 1 N–H and O–H groups in total. The van der Waals surface area contributed by atoms with Crippen molar-refractivity contribution in [2.75, 3.05) is 0 Å². The quantitative estimate of drug-likeness (QED) is 0.861. The summed E-state index contributed by atoms with van der Waals surface area (Å²) in [6, 6.07) is 2.27. The maximum atomic E-state index is 13.5. The summed E-state index contributed by atoms with van der Waals surface area (Å²) < 4.78 is 15.5. The van der Waals surface area contributed by atoms with E-state index < -0.39 is 11.7 Å². The topological polar surface area (TPSA) is 46.9 Å². The zero-order valence-corrected chi connectivity index (χ0v) is 12.5. The van der Waals surface area contributed by atoms with Crippen LogP contribution in [0.25, 0.3) is 0 Å². The van der Waals surface area contributed by atoms with E-state index in [1.807, 2.05) is 10.8 Å². The maximum Gasteiger partial charge on any atom is 0.253 e. The third-order valence-corrected chi connectivity index (χ3v) is 4.13. The fraction of sp³-hybridized carbons (Fsp3) is 0.286. The standard InChI is InChI=1S/C14H12Cl2FN3O/c15-10-6-11(16)12(17)5-9(10)14(21)19-8-1-2-13-18-3-4-20(13)7-8/h3-6,8H,1-2,7H2,(H,19,21)/t8-/m0/s1. The number of carbonyl (C=O) groups is 1. The Morgan fingerprint density at radius 3 is 3.00 bits per heavy atom. The van der Waals surface area contributed by atoms with Crippen molar-refractivity contribution in [2.45, 2.75) is 25.4 Å². The van der Waals surface area contributed by atoms with Gasteiger partial charge in [0.15, 0.2) is 0 Å². The van der Waals surface area contributed by atoms with E-state index in [4.69, 9.17) is 23.2 Å². The SMILES string of the molecule is O=C(N[C@H]1CCc2nccn2C1)c1cc(F)c(Cl)cc1Cl. The van der Waals surface area contributed by atoms with E-state index in [2.05, 4.69) is 10.3 Å². The highest BCUT2D eigenvalue weighted by molar-refractivity contribution is 6.36. The summed E-state index contributed by atoms with van der Waals surface area (Å²) in [6.45, 7) is 0.648. The Morgan fingerprint density at radius 1 is 1.38 bits per heavy atom. The molecular formula is C14H12Cl2FN3O. The molecule has 2 heterocycles. The number of amides is 1. The zero-order chi connectivity index (χ0) is 15.0. The number of imidazole rings is 1. The molecule has 0 saturated heterocycles. The number of benzene rings is 1. The van der Waals surface area contributed by atoms with Crippen LogP contribution >= 0.6 is 23.2 Å². The molecule has 0 unspecified atom stereocenters. The molecule has 3 rings (SSSR count). The minimum Gasteiger partial charge on any atom is -0.347 e. The Bertz CT molecular complexity index is 702. The summed E-state index contributed by atoms with van der Waals surface area (Å²) in [7, 11) is 0. The number of carbonyl (C=O) groups excluding carboxylic acids is 1. The van der Waals surface area contributed by atoms with Crippen LogP contribution in [0, 0.1) is 5.82 Å². The van der Waals surface area contributed by atoms with Gasteiger partial charge in [-0.15, -0.1) is 0 Å². The van der Waals surface area contributed by atoms with Gasteiger partial charge >= 0.3 is 0 Å². The van der Waals surface area contributed by atoms with Crippen LogP contribution in [0.4, 0.5) is 4.39 Å². The van der Waals surface area contributed by atoms with Gasteiger partial charge in [0.25, 0.3) is 5.91 Å². The Kier molecular flexibility index (Phi) is 3.87. The fourth-order valence-corrected chi connectivity index (χ4v) is 2.91. The van der Waals surface area contributed by atoms with E-state index in [0.29, 0.717) is 6.54 Å². The van der Waals surface area contributed by atoms with Crippen LogP contribution in [0.15, 0.2) is 24.5 Å². The molecular weight excluding hydrogens is 316 g/mol. The second kappa shape index (κ2) is 5.66. The molecule has 0 radical (unpaired) electrons. The Hall–Kier alpha value is -1.59. The van der Waals surface area contributed by atoms with Gasteiger partial charge in [0.05, 0.1) is 15.6 Å². The normalized spacial score (nSPS) is 17.4. The molecule has 0 bridgehead atoms. The second-order valence-corrected chi connectivity index (χ2v) is 5.77. The number of nitrogens with zero attached hydrogens (tertiary/aromatic N) is 2. The van der Waals surface area contributed by atoms with Crippen LogP contribution < -0.4 is 5.32 Å². The van der Waals surface area contributed by atoms with Gasteiger partial charge in [0.2, 0.25) is 0 Å². The maximum absolute atomic E-state index is 13.5. The Morgan fingerprint density at radius 2 is 2.19 bits per heavy atom. The molecule has 1 aromatic carbocycles. The van der Waals surface area contributed by atoms with Gasteiger partial charge < -0.3 is 9.88 Å². The van der Waals surface area contributed by atoms with E-state index in [1.54, 1.807) is 6.20 Å². The van der Waals surface area contributed by atoms with Gasteiger partial charge in [-0.2, -0.15) is 0 Å². The summed E-state index contributed by atoms with van der Waals surface area (Å²) in [5.74, 6) is -0.0491. The molecule has 0 aliphatic carbocycles. The van der Waals surface area contributed by atoms with Gasteiger partial charge in [-0.1, -0.05) is 23.2 Å². The molecule has 1 aliphatic heterocycles. The lowest BCUT2D eigenvalue weighted by Crippen LogP contribution is -2.41. The first-order chi connectivity index (χ1) is 10.0. The predicted molar refractivity (Wildman–Crippen MR) is 78.2 cm³/mol. The molecule has 21 heavy (non-hydrogen) atoms. The molecule has 1 aliphatic rings. The number of nitrogens with one attached hydrogen (secondary N) is 1. The lowest BCUT2D eigenvalue weighted by Gasteiger charge is -2.25. The molecule has 0 saturated carbocycles. The van der Waals surface area contributed by atoms with Crippen molar-refractivity contribution in [3.8, 4) is 0 Å². The summed E-state index contributed by atoms with van der Waals surface area (Å²) in [5, 5.41) is 2.91. The number of fused-ring (bicyclic) bond motifs is 1. The average molecular weight is 328 g/mol. The summed E-state index contributed by atoms with van der Waals surface area (Å²) in [4.78, 5) is 16.4. The van der Waals surface area contributed by atoms with Crippen molar-refractivity contribution < 1.29 is 9.18 Å². The van der Waals surface area contributed by atoms with Gasteiger partial charge in [-0.25, -0.2) is 9.37 Å². The van der Waals surface area contributed by atoms with Crippen molar-refractivity contribution in [1.29, 1.82) is 0 Å². The molecule has 1 amide bonds. The molecule has 2 aromatic rings. The second-order valence-electron chi connectivity index (χ2n) is 4.95.